The first-order chi connectivity index (χ1) is 17.2. The van der Waals surface area contributed by atoms with Gasteiger partial charge in [-0.1, -0.05) is 30.5 Å². The largest absolute Gasteiger partial charge is 0.443 e. The Kier molecular flexibility index (Phi) is 8.61. The first-order valence-corrected chi connectivity index (χ1v) is 14.2. The van der Waals surface area contributed by atoms with Gasteiger partial charge in [0.25, 0.3) is 5.91 Å². The number of fused-ring (bicyclic) bond motifs is 1. The number of rotatable bonds is 4. The van der Waals surface area contributed by atoms with Crippen LogP contribution in [0.3, 0.4) is 0 Å². The average molecular weight is 564 g/mol. The van der Waals surface area contributed by atoms with Crippen LogP contribution in [0.25, 0.3) is 11.1 Å². The molecule has 0 radical (unpaired) electrons. The van der Waals surface area contributed by atoms with E-state index in [9.17, 15) is 13.8 Å². The van der Waals surface area contributed by atoms with Crippen molar-refractivity contribution in [2.75, 3.05) is 4.90 Å². The minimum atomic E-state index is -1.58. The lowest BCUT2D eigenvalue weighted by atomic mass is 9.71. The molecule has 38 heavy (non-hydrogen) atoms. The Hall–Kier alpha value is -2.17. The zero-order chi connectivity index (χ0) is 27.3. The van der Waals surface area contributed by atoms with E-state index in [2.05, 4.69) is 9.88 Å². The molecule has 0 spiro atoms. The van der Waals surface area contributed by atoms with Crippen molar-refractivity contribution in [3.05, 3.63) is 35.2 Å². The fourth-order valence-electron chi connectivity index (χ4n) is 5.40. The summed E-state index contributed by atoms with van der Waals surface area (Å²) in [6.07, 6.45) is 3.87. The van der Waals surface area contributed by atoms with Gasteiger partial charge in [-0.05, 0) is 91.8 Å². The lowest BCUT2D eigenvalue weighted by Crippen LogP contribution is -2.59. The van der Waals surface area contributed by atoms with E-state index in [-0.39, 0.29) is 19.4 Å². The van der Waals surface area contributed by atoms with E-state index < -0.39 is 38.9 Å². The van der Waals surface area contributed by atoms with Crippen molar-refractivity contribution < 1.29 is 23.1 Å². The van der Waals surface area contributed by atoms with Crippen LogP contribution in [-0.2, 0) is 26.1 Å². The second kappa shape index (κ2) is 10.8. The molecule has 1 aromatic carbocycles. The van der Waals surface area contributed by atoms with Crippen LogP contribution in [-0.4, -0.2) is 31.7 Å². The number of carbonyl (C=O) groups is 2. The summed E-state index contributed by atoms with van der Waals surface area (Å²) in [6, 6.07) is 5.59. The summed E-state index contributed by atoms with van der Waals surface area (Å²) in [6.45, 7) is 14.7. The predicted molar refractivity (Wildman–Crippen MR) is 155 cm³/mol. The van der Waals surface area contributed by atoms with Crippen molar-refractivity contribution in [2.24, 2.45) is 5.92 Å². The molecular weight excluding hydrogens is 522 g/mol. The van der Waals surface area contributed by atoms with E-state index in [1.807, 2.05) is 46.8 Å². The summed E-state index contributed by atoms with van der Waals surface area (Å²) in [5.74, 6) is 0.101. The van der Waals surface area contributed by atoms with Crippen LogP contribution in [0.2, 0.25) is 0 Å². The molecule has 0 bridgehead atoms. The zero-order valence-electron chi connectivity index (χ0n) is 23.7. The summed E-state index contributed by atoms with van der Waals surface area (Å²) in [4.78, 5) is 29.1. The lowest BCUT2D eigenvalue weighted by molar-refractivity contribution is -0.126. The summed E-state index contributed by atoms with van der Waals surface area (Å²) in [5, 5.41) is 4.10. The lowest BCUT2D eigenvalue weighted by Gasteiger charge is -2.40. The van der Waals surface area contributed by atoms with Gasteiger partial charge >= 0.3 is 6.09 Å². The highest BCUT2D eigenvalue weighted by Gasteiger charge is 2.59. The predicted octanol–water partition coefficient (Wildman–Crippen LogP) is 6.18. The highest BCUT2D eigenvalue weighted by Crippen LogP contribution is 2.51. The quantitative estimate of drug-likeness (QED) is 0.477. The number of anilines is 1. The van der Waals surface area contributed by atoms with E-state index >= 15 is 0 Å². The van der Waals surface area contributed by atoms with E-state index in [1.165, 1.54) is 0 Å². The Morgan fingerprint density at radius 2 is 1.76 bits per heavy atom. The smallest absolute Gasteiger partial charge is 0.421 e. The number of aromatic nitrogens is 1. The topological polar surface area (TPSA) is 102 Å². The van der Waals surface area contributed by atoms with Gasteiger partial charge in [-0.15, -0.1) is 0 Å². The summed E-state index contributed by atoms with van der Waals surface area (Å²) < 4.78 is 27.4. The summed E-state index contributed by atoms with van der Waals surface area (Å²) in [5.41, 5.74) is 1.40. The minimum Gasteiger partial charge on any atom is -0.443 e. The Balaban J connectivity index is 0.00000400. The molecule has 1 aliphatic heterocycles. The molecule has 2 aliphatic rings. The molecule has 4 rings (SSSR count). The highest BCUT2D eigenvalue weighted by molar-refractivity contribution is 7.84. The Bertz CT molecular complexity index is 1220. The van der Waals surface area contributed by atoms with Crippen LogP contribution < -0.4 is 9.62 Å². The van der Waals surface area contributed by atoms with Gasteiger partial charge in [-0.3, -0.25) is 4.79 Å². The van der Waals surface area contributed by atoms with Crippen LogP contribution in [0, 0.1) is 19.8 Å². The zero-order valence-corrected chi connectivity index (χ0v) is 25.5. The van der Waals surface area contributed by atoms with E-state index in [0.717, 1.165) is 53.8 Å². The molecule has 1 fully saturated rings. The molecule has 2 heterocycles. The van der Waals surface area contributed by atoms with Crippen molar-refractivity contribution in [3.8, 4) is 11.1 Å². The summed E-state index contributed by atoms with van der Waals surface area (Å²) in [7, 11) is -1.58. The van der Waals surface area contributed by atoms with Gasteiger partial charge < -0.3 is 9.26 Å². The van der Waals surface area contributed by atoms with Gasteiger partial charge in [0, 0.05) is 11.1 Å². The number of hydrogen-bond acceptors (Lipinski definition) is 6. The van der Waals surface area contributed by atoms with E-state index in [4.69, 9.17) is 9.26 Å². The van der Waals surface area contributed by atoms with Gasteiger partial charge in [0.2, 0.25) is 0 Å². The van der Waals surface area contributed by atoms with Crippen molar-refractivity contribution in [3.63, 3.8) is 0 Å². The molecule has 1 aromatic heterocycles. The van der Waals surface area contributed by atoms with Crippen molar-refractivity contribution in [1.29, 1.82) is 0 Å². The van der Waals surface area contributed by atoms with Crippen LogP contribution in [0.1, 0.15) is 90.7 Å². The number of aryl methyl sites for hydroxylation is 2. The van der Waals surface area contributed by atoms with Crippen LogP contribution in [0.15, 0.2) is 22.7 Å². The molecule has 2 amide bonds. The second-order valence-corrected chi connectivity index (χ2v) is 14.1. The van der Waals surface area contributed by atoms with Crippen LogP contribution in [0.4, 0.5) is 10.5 Å². The van der Waals surface area contributed by atoms with Crippen LogP contribution in [0.5, 0.6) is 0 Å². The van der Waals surface area contributed by atoms with Gasteiger partial charge in [0.15, 0.2) is 0 Å². The number of ether oxygens (including phenoxy) is 1. The molecule has 10 heteroatoms. The number of hydrogen-bond donors (Lipinski definition) is 1. The minimum absolute atomic E-state index is 0. The standard InChI is InChI=1S/C28H39N3O5S.H2S/c1-17-23(18(2)36-29-17)19-14-15-22-21(16-19)28(20-12-10-9-11-13-20,30-37(34)27(6,7)8)24(32)31(22)25(33)35-26(3,4)5;/h14-16,20,30H,9-13H2,1-8H3;1H2/t28?,37-;/m0./s1. The Morgan fingerprint density at radius 1 is 1.13 bits per heavy atom. The second-order valence-electron chi connectivity index (χ2n) is 12.2. The third-order valence-electron chi connectivity index (χ3n) is 7.13. The van der Waals surface area contributed by atoms with Crippen molar-refractivity contribution in [1.82, 2.24) is 9.88 Å². The Morgan fingerprint density at radius 3 is 2.29 bits per heavy atom. The number of nitrogens with one attached hydrogen (secondary N) is 1. The molecule has 1 unspecified atom stereocenters. The van der Waals surface area contributed by atoms with Gasteiger partial charge in [-0.2, -0.15) is 13.5 Å². The van der Waals surface area contributed by atoms with Gasteiger partial charge in [0.1, 0.15) is 16.9 Å². The fraction of sp³-hybridized carbons (Fsp3) is 0.607. The summed E-state index contributed by atoms with van der Waals surface area (Å²) >= 11 is 0. The number of nitrogens with zero attached hydrogens (tertiary/aromatic N) is 2. The molecular formula is C28H41N3O5S2. The molecule has 2 aromatic rings. The molecule has 8 nitrogen and oxygen atoms in total. The first-order valence-electron chi connectivity index (χ1n) is 13.0. The van der Waals surface area contributed by atoms with Crippen molar-refractivity contribution in [2.45, 2.75) is 103 Å². The monoisotopic (exact) mass is 563 g/mol. The Labute approximate surface area is 235 Å². The average Bonchev–Trinajstić information content (AvgIpc) is 3.26. The van der Waals surface area contributed by atoms with Crippen molar-refractivity contribution >= 4 is 42.2 Å². The van der Waals surface area contributed by atoms with E-state index in [0.29, 0.717) is 17.0 Å². The maximum atomic E-state index is 14.5. The molecule has 210 valence electrons. The maximum Gasteiger partial charge on any atom is 0.421 e. The third kappa shape index (κ3) is 5.45. The number of carbonyl (C=O) groups excluding carboxylic acids is 2. The first kappa shape index (κ1) is 30.4. The molecule has 1 aliphatic carbocycles. The maximum absolute atomic E-state index is 14.5. The number of amides is 2. The molecule has 1 N–H and O–H groups in total. The SMILES string of the molecule is Cc1noc(C)c1-c1ccc2c(c1)C(N[S@@](=O)C(C)(C)C)(C1CCCCC1)C(=O)N2C(=O)OC(C)(C)C.S. The number of imide groups is 1. The van der Waals surface area contributed by atoms with Gasteiger partial charge in [0.05, 0.1) is 27.1 Å². The van der Waals surface area contributed by atoms with Crippen LogP contribution >= 0.6 is 13.5 Å². The van der Waals surface area contributed by atoms with E-state index in [1.54, 1.807) is 26.8 Å². The molecule has 2 atom stereocenters. The number of benzene rings is 1. The fourth-order valence-corrected chi connectivity index (χ4v) is 6.36. The third-order valence-corrected chi connectivity index (χ3v) is 8.75. The molecule has 0 saturated heterocycles. The molecule has 1 saturated carbocycles. The highest BCUT2D eigenvalue weighted by atomic mass is 32.2. The van der Waals surface area contributed by atoms with Gasteiger partial charge in [-0.25, -0.2) is 18.6 Å². The normalized spacial score (nSPS) is 21.2.